The Kier molecular flexibility index (Phi) is 8.55. The number of nitrogens with zero attached hydrogens (tertiary/aromatic N) is 2. The molecule has 0 bridgehead atoms. The van der Waals surface area contributed by atoms with Gasteiger partial charge in [0.1, 0.15) is 11.8 Å². The van der Waals surface area contributed by atoms with Crippen molar-refractivity contribution in [3.63, 3.8) is 0 Å². The van der Waals surface area contributed by atoms with Gasteiger partial charge in [-0.2, -0.15) is 4.31 Å². The Balaban J connectivity index is 0.00000392. The van der Waals surface area contributed by atoms with Crippen LogP contribution in [-0.2, 0) is 21.4 Å². The van der Waals surface area contributed by atoms with Crippen molar-refractivity contribution in [3.05, 3.63) is 54.4 Å². The Morgan fingerprint density at radius 3 is 2.36 bits per heavy atom. The van der Waals surface area contributed by atoms with Crippen LogP contribution in [0.1, 0.15) is 26.8 Å². The first-order chi connectivity index (χ1) is 12.8. The van der Waals surface area contributed by atoms with E-state index in [4.69, 9.17) is 9.94 Å². The third-order valence-electron chi connectivity index (χ3n) is 4.05. The predicted molar refractivity (Wildman–Crippen MR) is 105 cm³/mol. The summed E-state index contributed by atoms with van der Waals surface area (Å²) in [7, 11) is -2.56. The van der Waals surface area contributed by atoms with Gasteiger partial charge in [0.15, 0.2) is 0 Å². The van der Waals surface area contributed by atoms with Crippen LogP contribution in [0.4, 0.5) is 0 Å². The molecule has 0 radical (unpaired) electrons. The summed E-state index contributed by atoms with van der Waals surface area (Å²) in [5.74, 6) is -0.672. The summed E-state index contributed by atoms with van der Waals surface area (Å²) in [6, 6.07) is 8.19. The standard InChI is InChI=1S/C18H23N3O5S.CH4/c1-13(2)17(18(22)20-23)21(12-14-5-4-10-19-11-14)27(24,25)16-8-6-15(26-3)7-9-16;/h4-11,13,17,23H,12H2,1-3H3,(H,20,22);1H4/t17-;/m1./s1. The zero-order valence-electron chi connectivity index (χ0n) is 15.4. The molecule has 0 aliphatic carbocycles. The highest BCUT2D eigenvalue weighted by molar-refractivity contribution is 7.89. The van der Waals surface area contributed by atoms with Crippen molar-refractivity contribution in [2.45, 2.75) is 38.8 Å². The van der Waals surface area contributed by atoms with Gasteiger partial charge in [-0.25, -0.2) is 13.9 Å². The number of carbonyl (C=O) groups is 1. The summed E-state index contributed by atoms with van der Waals surface area (Å²) in [6.45, 7) is 3.35. The lowest BCUT2D eigenvalue weighted by Crippen LogP contribution is -2.51. The zero-order chi connectivity index (χ0) is 20.0. The number of pyridine rings is 1. The van der Waals surface area contributed by atoms with E-state index in [1.165, 1.54) is 37.6 Å². The smallest absolute Gasteiger partial charge is 0.262 e. The monoisotopic (exact) mass is 409 g/mol. The van der Waals surface area contributed by atoms with Gasteiger partial charge in [-0.3, -0.25) is 15.0 Å². The summed E-state index contributed by atoms with van der Waals surface area (Å²) in [6.07, 6.45) is 3.11. The Labute approximate surface area is 166 Å². The van der Waals surface area contributed by atoms with Crippen LogP contribution in [0.25, 0.3) is 0 Å². The summed E-state index contributed by atoms with van der Waals surface area (Å²) in [5, 5.41) is 9.12. The number of rotatable bonds is 8. The molecule has 2 N–H and O–H groups in total. The van der Waals surface area contributed by atoms with E-state index in [2.05, 4.69) is 4.98 Å². The molecule has 2 rings (SSSR count). The second-order valence-corrected chi connectivity index (χ2v) is 8.14. The molecular weight excluding hydrogens is 382 g/mol. The number of nitrogens with one attached hydrogen (secondary N) is 1. The number of methoxy groups -OCH3 is 1. The molecule has 0 spiro atoms. The molecule has 154 valence electrons. The fraction of sp³-hybridized carbons (Fsp3) is 0.368. The first-order valence-corrected chi connectivity index (χ1v) is 9.74. The average Bonchev–Trinajstić information content (AvgIpc) is 2.67. The summed E-state index contributed by atoms with van der Waals surface area (Å²) in [4.78, 5) is 16.3. The quantitative estimate of drug-likeness (QED) is 0.512. The average molecular weight is 410 g/mol. The van der Waals surface area contributed by atoms with E-state index in [1.54, 1.807) is 37.7 Å². The van der Waals surface area contributed by atoms with Crippen LogP contribution in [0.2, 0.25) is 0 Å². The van der Waals surface area contributed by atoms with Crippen molar-refractivity contribution in [3.8, 4) is 5.75 Å². The van der Waals surface area contributed by atoms with E-state index in [1.807, 2.05) is 0 Å². The predicted octanol–water partition coefficient (Wildman–Crippen LogP) is 2.45. The van der Waals surface area contributed by atoms with Crippen molar-refractivity contribution < 1.29 is 23.2 Å². The van der Waals surface area contributed by atoms with Crippen molar-refractivity contribution in [1.29, 1.82) is 0 Å². The number of sulfonamides is 1. The highest BCUT2D eigenvalue weighted by Crippen LogP contribution is 2.26. The van der Waals surface area contributed by atoms with E-state index >= 15 is 0 Å². The zero-order valence-corrected chi connectivity index (χ0v) is 16.2. The third kappa shape index (κ3) is 5.28. The molecule has 1 amide bonds. The number of hydroxylamine groups is 1. The van der Waals surface area contributed by atoms with Gasteiger partial charge < -0.3 is 4.74 Å². The fourth-order valence-corrected chi connectivity index (χ4v) is 4.43. The molecule has 0 aliphatic heterocycles. The molecule has 2 aromatic rings. The van der Waals surface area contributed by atoms with Gasteiger partial charge in [-0.05, 0) is 41.8 Å². The number of carbonyl (C=O) groups excluding carboxylic acids is 1. The van der Waals surface area contributed by atoms with Crippen molar-refractivity contribution in [2.75, 3.05) is 7.11 Å². The van der Waals surface area contributed by atoms with Gasteiger partial charge in [0.05, 0.1) is 12.0 Å². The molecule has 28 heavy (non-hydrogen) atoms. The Morgan fingerprint density at radius 1 is 1.25 bits per heavy atom. The van der Waals surface area contributed by atoms with E-state index in [0.717, 1.165) is 4.31 Å². The minimum absolute atomic E-state index is 0. The minimum Gasteiger partial charge on any atom is -0.497 e. The first-order valence-electron chi connectivity index (χ1n) is 8.30. The molecule has 1 heterocycles. The second-order valence-electron chi connectivity index (χ2n) is 6.25. The SMILES string of the molecule is C.COc1ccc(S(=O)(=O)N(Cc2cccnc2)[C@@H](C(=O)NO)C(C)C)cc1. The van der Waals surface area contributed by atoms with E-state index in [0.29, 0.717) is 11.3 Å². The molecule has 1 atom stereocenters. The maximum absolute atomic E-state index is 13.3. The molecule has 0 fully saturated rings. The van der Waals surface area contributed by atoms with Crippen molar-refractivity contribution >= 4 is 15.9 Å². The molecule has 0 aliphatic rings. The number of amides is 1. The van der Waals surface area contributed by atoms with Crippen molar-refractivity contribution in [1.82, 2.24) is 14.8 Å². The van der Waals surface area contributed by atoms with Crippen LogP contribution in [-0.4, -0.2) is 42.0 Å². The van der Waals surface area contributed by atoms with Crippen molar-refractivity contribution in [2.24, 2.45) is 5.92 Å². The highest BCUT2D eigenvalue weighted by atomic mass is 32.2. The third-order valence-corrected chi connectivity index (χ3v) is 5.89. The lowest BCUT2D eigenvalue weighted by molar-refractivity contribution is -0.134. The maximum Gasteiger partial charge on any atom is 0.262 e. The molecule has 8 nitrogen and oxygen atoms in total. The molecule has 1 aromatic heterocycles. The Morgan fingerprint density at radius 2 is 1.89 bits per heavy atom. The number of benzene rings is 1. The molecule has 1 aromatic carbocycles. The first kappa shape index (κ1) is 23.5. The van der Waals surface area contributed by atoms with Gasteiger partial charge in [0.25, 0.3) is 5.91 Å². The number of hydrogen-bond acceptors (Lipinski definition) is 6. The Bertz CT molecular complexity index is 855. The molecule has 0 unspecified atom stereocenters. The van der Waals surface area contributed by atoms with Crippen LogP contribution in [0, 0.1) is 5.92 Å². The summed E-state index contributed by atoms with van der Waals surface area (Å²) < 4.78 is 32.7. The lowest BCUT2D eigenvalue weighted by Gasteiger charge is -2.32. The van der Waals surface area contributed by atoms with Gasteiger partial charge in [0.2, 0.25) is 10.0 Å². The maximum atomic E-state index is 13.3. The lowest BCUT2D eigenvalue weighted by atomic mass is 10.0. The van der Waals surface area contributed by atoms with Gasteiger partial charge in [0, 0.05) is 18.9 Å². The Hall–Kier alpha value is -2.49. The number of hydrogen-bond donors (Lipinski definition) is 2. The van der Waals surface area contributed by atoms with Crippen LogP contribution in [0.5, 0.6) is 5.75 Å². The van der Waals surface area contributed by atoms with Gasteiger partial charge in [-0.1, -0.05) is 27.3 Å². The van der Waals surface area contributed by atoms with Crippen LogP contribution in [0.15, 0.2) is 53.7 Å². The number of ether oxygens (including phenoxy) is 1. The van der Waals surface area contributed by atoms with Crippen LogP contribution in [0.3, 0.4) is 0 Å². The number of aromatic nitrogens is 1. The molecular formula is C19H27N3O5S. The largest absolute Gasteiger partial charge is 0.497 e. The minimum atomic E-state index is -4.05. The fourth-order valence-electron chi connectivity index (χ4n) is 2.72. The van der Waals surface area contributed by atoms with E-state index < -0.39 is 22.0 Å². The topological polar surface area (TPSA) is 109 Å². The summed E-state index contributed by atoms with van der Waals surface area (Å²) in [5.41, 5.74) is 2.19. The van der Waals surface area contributed by atoms with Gasteiger partial charge in [-0.15, -0.1) is 0 Å². The van der Waals surface area contributed by atoms with Crippen LogP contribution < -0.4 is 10.2 Å². The van der Waals surface area contributed by atoms with E-state index in [-0.39, 0.29) is 24.8 Å². The van der Waals surface area contributed by atoms with Crippen LogP contribution >= 0.6 is 0 Å². The molecule has 9 heteroatoms. The van der Waals surface area contributed by atoms with Gasteiger partial charge >= 0.3 is 0 Å². The normalized spacial score (nSPS) is 12.4. The molecule has 0 saturated heterocycles. The summed E-state index contributed by atoms with van der Waals surface area (Å²) >= 11 is 0. The highest BCUT2D eigenvalue weighted by Gasteiger charge is 2.38. The second kappa shape index (κ2) is 10.2. The van der Waals surface area contributed by atoms with E-state index in [9.17, 15) is 13.2 Å². The molecule has 0 saturated carbocycles.